The molecule has 0 fully saturated rings. The smallest absolute Gasteiger partial charge is 0.298 e. The maximum Gasteiger partial charge on any atom is 0.435 e. The summed E-state index contributed by atoms with van der Waals surface area (Å²) in [6, 6.07) is 9.92. The Hall–Kier alpha value is -4.39. The summed E-state index contributed by atoms with van der Waals surface area (Å²) in [4.78, 5) is 29.9. The summed E-state index contributed by atoms with van der Waals surface area (Å²) >= 11 is 0. The van der Waals surface area contributed by atoms with Gasteiger partial charge in [0.15, 0.2) is 17.3 Å². The lowest BCUT2D eigenvalue weighted by molar-refractivity contribution is -0.142. The van der Waals surface area contributed by atoms with Gasteiger partial charge in [-0.15, -0.1) is 9.60 Å². The van der Waals surface area contributed by atoms with Gasteiger partial charge in [-0.1, -0.05) is 12.1 Å². The van der Waals surface area contributed by atoms with Crippen LogP contribution in [0.4, 0.5) is 30.8 Å². The van der Waals surface area contributed by atoms with E-state index in [0.717, 1.165) is 22.9 Å². The Kier molecular flexibility index (Phi) is 8.69. The molecule has 230 valence electrons. The highest BCUT2D eigenvalue weighted by atomic mass is 19.4. The van der Waals surface area contributed by atoms with Crippen LogP contribution in [0, 0.1) is 17.5 Å². The van der Waals surface area contributed by atoms with E-state index in [1.165, 1.54) is 25.3 Å². The first kappa shape index (κ1) is 31.0. The third-order valence-corrected chi connectivity index (χ3v) is 7.45. The zero-order valence-electron chi connectivity index (χ0n) is 23.3. The number of nitrogens with zero attached hydrogens (tertiary/aromatic N) is 4. The molecule has 0 N–H and O–H groups in total. The van der Waals surface area contributed by atoms with Gasteiger partial charge in [-0.05, 0) is 61.2 Å². The second kappa shape index (κ2) is 12.3. The minimum Gasteiger partial charge on any atom is -0.298 e. The van der Waals surface area contributed by atoms with E-state index in [0.29, 0.717) is 22.3 Å². The maximum absolute atomic E-state index is 14.3. The molecule has 0 unspecified atom stereocenters. The Morgan fingerprint density at radius 1 is 1.02 bits per heavy atom. The number of benzene rings is 2. The first-order valence-electron chi connectivity index (χ1n) is 13.6. The lowest BCUT2D eigenvalue weighted by Gasteiger charge is -2.21. The predicted molar refractivity (Wildman–Crippen MR) is 145 cm³/mol. The zero-order chi connectivity index (χ0) is 31.8. The molecular formula is C31H25F7N4O2. The number of hydrogen-bond acceptors (Lipinski definition) is 5. The average Bonchev–Trinajstić information content (AvgIpc) is 3.30. The minimum absolute atomic E-state index is 0.0650. The largest absolute Gasteiger partial charge is 0.435 e. The highest BCUT2D eigenvalue weighted by molar-refractivity contribution is 5.95. The number of pyridine rings is 1. The quantitative estimate of drug-likeness (QED) is 0.117. The molecular weight excluding hydrogens is 593 g/mol. The molecule has 0 radical (unpaired) electrons. The molecule has 0 saturated carbocycles. The minimum atomic E-state index is -4.81. The molecule has 0 bridgehead atoms. The SMILES string of the molecule is CC(=O)c1cc(-c2cccnc2[C@@H](CC(=O)Cn2nc(C(F)(F)F)c3c2CN(F)CC3)Cc2cc(F)cc(F)c2)ccc1F. The first-order valence-corrected chi connectivity index (χ1v) is 13.6. The lowest BCUT2D eigenvalue weighted by Crippen LogP contribution is -2.27. The van der Waals surface area contributed by atoms with Gasteiger partial charge in [0.2, 0.25) is 0 Å². The number of fused-ring (bicyclic) bond motifs is 1. The molecule has 2 aromatic carbocycles. The molecule has 1 atom stereocenters. The third kappa shape index (κ3) is 6.72. The zero-order valence-corrected chi connectivity index (χ0v) is 23.3. The van der Waals surface area contributed by atoms with Gasteiger partial charge in [0.25, 0.3) is 0 Å². The molecule has 0 saturated heterocycles. The number of ketones is 2. The Labute approximate surface area is 247 Å². The van der Waals surface area contributed by atoms with Crippen LogP contribution in [0.5, 0.6) is 0 Å². The van der Waals surface area contributed by atoms with Crippen LogP contribution in [-0.4, -0.2) is 38.0 Å². The fraction of sp³-hybridized carbons (Fsp3) is 0.290. The van der Waals surface area contributed by atoms with Crippen LogP contribution in [0.15, 0.2) is 54.7 Å². The summed E-state index contributed by atoms with van der Waals surface area (Å²) in [6.45, 7) is -0.148. The van der Waals surface area contributed by atoms with Crippen molar-refractivity contribution in [2.24, 2.45) is 0 Å². The molecule has 1 aliphatic heterocycles. The number of rotatable bonds is 9. The summed E-state index contributed by atoms with van der Waals surface area (Å²) in [5, 5.41) is 3.96. The second-order valence-electron chi connectivity index (χ2n) is 10.6. The van der Waals surface area contributed by atoms with Gasteiger partial charge in [0.05, 0.1) is 30.0 Å². The Morgan fingerprint density at radius 2 is 1.75 bits per heavy atom. The monoisotopic (exact) mass is 618 g/mol. The average molecular weight is 619 g/mol. The fourth-order valence-electron chi connectivity index (χ4n) is 5.54. The maximum atomic E-state index is 14.3. The van der Waals surface area contributed by atoms with Crippen LogP contribution >= 0.6 is 0 Å². The van der Waals surface area contributed by atoms with Crippen LogP contribution < -0.4 is 0 Å². The molecule has 1 aliphatic rings. The van der Waals surface area contributed by atoms with Gasteiger partial charge >= 0.3 is 6.18 Å². The molecule has 44 heavy (non-hydrogen) atoms. The van der Waals surface area contributed by atoms with Crippen LogP contribution in [0.3, 0.4) is 0 Å². The molecule has 3 heterocycles. The number of halogens is 7. The number of carbonyl (C=O) groups excluding carboxylic acids is 2. The van der Waals surface area contributed by atoms with Gasteiger partial charge in [-0.25, -0.2) is 13.2 Å². The van der Waals surface area contributed by atoms with Gasteiger partial charge in [0, 0.05) is 42.3 Å². The molecule has 0 aliphatic carbocycles. The highest BCUT2D eigenvalue weighted by Gasteiger charge is 2.40. The summed E-state index contributed by atoms with van der Waals surface area (Å²) in [5.41, 5.74) is -0.326. The van der Waals surface area contributed by atoms with E-state index in [1.54, 1.807) is 12.1 Å². The van der Waals surface area contributed by atoms with Crippen LogP contribution in [-0.2, 0) is 36.9 Å². The van der Waals surface area contributed by atoms with Crippen molar-refractivity contribution in [3.63, 3.8) is 0 Å². The van der Waals surface area contributed by atoms with Gasteiger partial charge in [0.1, 0.15) is 17.5 Å². The van der Waals surface area contributed by atoms with Crippen molar-refractivity contribution in [2.75, 3.05) is 6.54 Å². The molecule has 0 amide bonds. The Morgan fingerprint density at radius 3 is 2.43 bits per heavy atom. The molecule has 5 rings (SSSR count). The van der Waals surface area contributed by atoms with Crippen molar-refractivity contribution in [1.82, 2.24) is 19.9 Å². The highest BCUT2D eigenvalue weighted by Crippen LogP contribution is 2.36. The van der Waals surface area contributed by atoms with Crippen LogP contribution in [0.1, 0.15) is 57.8 Å². The molecule has 4 aromatic rings. The molecule has 2 aromatic heterocycles. The van der Waals surface area contributed by atoms with E-state index in [2.05, 4.69) is 10.1 Å². The number of alkyl halides is 3. The Balaban J connectivity index is 1.53. The van der Waals surface area contributed by atoms with E-state index in [4.69, 9.17) is 0 Å². The molecule has 13 heteroatoms. The van der Waals surface area contributed by atoms with Crippen molar-refractivity contribution >= 4 is 11.6 Å². The van der Waals surface area contributed by atoms with Crippen molar-refractivity contribution in [2.45, 2.75) is 51.4 Å². The fourth-order valence-corrected chi connectivity index (χ4v) is 5.54. The van der Waals surface area contributed by atoms with Gasteiger partial charge in [-0.3, -0.25) is 19.3 Å². The lowest BCUT2D eigenvalue weighted by atomic mass is 9.86. The standard InChI is InChI=1S/C31H25F7N4O2/c1-17(43)26-13-19(4-5-27(26)34)24-3-2-7-39-29(24)20(9-18-10-21(32)14-22(33)11-18)12-23(44)15-42-28-16-41(38)8-6-25(28)30(40-42)31(35,36)37/h2-5,7,10-11,13-14,20H,6,8-9,12,15-16H2,1H3/t20-/m1/s1. The van der Waals surface area contributed by atoms with Crippen LogP contribution in [0.25, 0.3) is 11.1 Å². The van der Waals surface area contributed by atoms with E-state index in [-0.39, 0.29) is 53.9 Å². The van der Waals surface area contributed by atoms with Gasteiger partial charge < -0.3 is 0 Å². The van der Waals surface area contributed by atoms with Crippen molar-refractivity contribution < 1.29 is 40.4 Å². The normalized spacial score (nSPS) is 14.4. The van der Waals surface area contributed by atoms with Gasteiger partial charge in [-0.2, -0.15) is 18.3 Å². The van der Waals surface area contributed by atoms with E-state index in [1.807, 2.05) is 0 Å². The summed E-state index contributed by atoms with van der Waals surface area (Å²) in [7, 11) is 0. The summed E-state index contributed by atoms with van der Waals surface area (Å²) in [5.74, 6) is -4.42. The van der Waals surface area contributed by atoms with Crippen LogP contribution in [0.2, 0.25) is 0 Å². The number of Topliss-reactive ketones (excluding diaryl/α,β-unsaturated/α-hetero) is 2. The predicted octanol–water partition coefficient (Wildman–Crippen LogP) is 6.81. The number of aromatic nitrogens is 3. The number of carbonyl (C=O) groups is 2. The summed E-state index contributed by atoms with van der Waals surface area (Å²) in [6.07, 6.45) is -4.07. The number of hydrogen-bond donors (Lipinski definition) is 0. The van der Waals surface area contributed by atoms with E-state index < -0.39 is 59.9 Å². The topological polar surface area (TPSA) is 68.1 Å². The third-order valence-electron chi connectivity index (χ3n) is 7.45. The second-order valence-corrected chi connectivity index (χ2v) is 10.6. The van der Waals surface area contributed by atoms with Crippen molar-refractivity contribution in [3.05, 3.63) is 106 Å². The Bertz CT molecular complexity index is 1710. The van der Waals surface area contributed by atoms with E-state index >= 15 is 0 Å². The summed E-state index contributed by atoms with van der Waals surface area (Å²) < 4.78 is 98.5. The van der Waals surface area contributed by atoms with Crippen molar-refractivity contribution in [1.29, 1.82) is 0 Å². The van der Waals surface area contributed by atoms with E-state index in [9.17, 15) is 40.4 Å². The first-order chi connectivity index (χ1) is 20.8. The molecule has 6 nitrogen and oxygen atoms in total. The van der Waals surface area contributed by atoms with Crippen molar-refractivity contribution in [3.8, 4) is 11.1 Å². The molecule has 0 spiro atoms.